The maximum absolute atomic E-state index is 12.7. The van der Waals surface area contributed by atoms with Crippen LogP contribution in [0.2, 0.25) is 0 Å². The van der Waals surface area contributed by atoms with Crippen LogP contribution >= 0.6 is 0 Å². The van der Waals surface area contributed by atoms with Gasteiger partial charge in [0.25, 0.3) is 5.69 Å². The van der Waals surface area contributed by atoms with E-state index in [1.54, 1.807) is 30.3 Å². The lowest BCUT2D eigenvalue weighted by Gasteiger charge is -2.17. The minimum absolute atomic E-state index is 0.0795. The van der Waals surface area contributed by atoms with E-state index in [-0.39, 0.29) is 11.4 Å². The van der Waals surface area contributed by atoms with Crippen LogP contribution in [0.3, 0.4) is 0 Å². The number of nitro groups is 1. The van der Waals surface area contributed by atoms with Crippen molar-refractivity contribution in [2.45, 2.75) is 11.4 Å². The Hall–Kier alpha value is -2.71. The van der Waals surface area contributed by atoms with E-state index in [9.17, 15) is 18.5 Å². The smallest absolute Gasteiger partial charge is 0.289 e. The molecule has 0 spiro atoms. The number of para-hydroxylation sites is 1. The second kappa shape index (κ2) is 7.91. The Bertz CT molecular complexity index is 863. The molecule has 2 aromatic rings. The lowest BCUT2D eigenvalue weighted by atomic mass is 10.2. The number of nitrogens with zero attached hydrogens (tertiary/aromatic N) is 2. The summed E-state index contributed by atoms with van der Waals surface area (Å²) in [5, 5.41) is 11.1. The molecule has 0 unspecified atom stereocenters. The number of sulfonamides is 1. The van der Waals surface area contributed by atoms with Crippen molar-refractivity contribution in [1.29, 1.82) is 0 Å². The number of hydrogen-bond donors (Lipinski definition) is 0. The second-order valence-electron chi connectivity index (χ2n) is 5.23. The molecule has 2 aromatic carbocycles. The van der Waals surface area contributed by atoms with Crippen molar-refractivity contribution in [2.75, 3.05) is 13.7 Å². The molecule has 0 aromatic heterocycles. The van der Waals surface area contributed by atoms with Gasteiger partial charge in [-0.2, -0.15) is 4.31 Å². The predicted molar refractivity (Wildman–Crippen MR) is 93.9 cm³/mol. The van der Waals surface area contributed by atoms with Crippen LogP contribution in [0.1, 0.15) is 5.56 Å². The van der Waals surface area contributed by atoms with Crippen LogP contribution in [0.25, 0.3) is 0 Å². The standard InChI is InChI=1S/C17H18N2O5S/c1-3-12-24-15-10-8-14(9-11-15)13-18(2)25(22,23)17-7-5-4-6-16(17)19(20)21/h3-11H,1,12-13H2,2H3. The van der Waals surface area contributed by atoms with Gasteiger partial charge in [-0.15, -0.1) is 0 Å². The quantitative estimate of drug-likeness (QED) is 0.409. The Morgan fingerprint density at radius 1 is 1.20 bits per heavy atom. The molecule has 0 atom stereocenters. The molecule has 8 heteroatoms. The third-order valence-corrected chi connectivity index (χ3v) is 5.30. The molecule has 0 fully saturated rings. The first kappa shape index (κ1) is 18.6. The van der Waals surface area contributed by atoms with E-state index in [4.69, 9.17) is 4.74 Å². The lowest BCUT2D eigenvalue weighted by Crippen LogP contribution is -2.27. The minimum Gasteiger partial charge on any atom is -0.490 e. The molecule has 25 heavy (non-hydrogen) atoms. The summed E-state index contributed by atoms with van der Waals surface area (Å²) in [7, 11) is -2.61. The van der Waals surface area contributed by atoms with E-state index >= 15 is 0 Å². The van der Waals surface area contributed by atoms with Gasteiger partial charge in [0.15, 0.2) is 4.90 Å². The zero-order valence-electron chi connectivity index (χ0n) is 13.7. The second-order valence-corrected chi connectivity index (χ2v) is 7.24. The first-order valence-corrected chi connectivity index (χ1v) is 8.82. The molecule has 0 heterocycles. The number of nitro benzene ring substituents is 1. The molecule has 0 amide bonds. The predicted octanol–water partition coefficient (Wildman–Crippen LogP) is 2.98. The van der Waals surface area contributed by atoms with Crippen molar-refractivity contribution < 1.29 is 18.1 Å². The van der Waals surface area contributed by atoms with Crippen LogP contribution in [0, 0.1) is 10.1 Å². The molecule has 0 aliphatic carbocycles. The van der Waals surface area contributed by atoms with Gasteiger partial charge >= 0.3 is 0 Å². The third kappa shape index (κ3) is 4.43. The van der Waals surface area contributed by atoms with Gasteiger partial charge in [-0.05, 0) is 23.8 Å². The summed E-state index contributed by atoms with van der Waals surface area (Å²) in [6.45, 7) is 4.02. The number of rotatable bonds is 8. The first-order valence-electron chi connectivity index (χ1n) is 7.38. The molecule has 2 rings (SSSR count). The number of hydrogen-bond acceptors (Lipinski definition) is 5. The fourth-order valence-electron chi connectivity index (χ4n) is 2.18. The number of ether oxygens (including phenoxy) is 1. The SMILES string of the molecule is C=CCOc1ccc(CN(C)S(=O)(=O)c2ccccc2[N+](=O)[O-])cc1. The molecule has 132 valence electrons. The lowest BCUT2D eigenvalue weighted by molar-refractivity contribution is -0.387. The van der Waals surface area contributed by atoms with Crippen molar-refractivity contribution in [3.63, 3.8) is 0 Å². The average molecular weight is 362 g/mol. The van der Waals surface area contributed by atoms with Crippen molar-refractivity contribution in [1.82, 2.24) is 4.31 Å². The van der Waals surface area contributed by atoms with E-state index in [1.807, 2.05) is 0 Å². The molecule has 0 saturated carbocycles. The summed E-state index contributed by atoms with van der Waals surface area (Å²) in [6, 6.07) is 12.2. The molecule has 0 aliphatic heterocycles. The molecule has 7 nitrogen and oxygen atoms in total. The van der Waals surface area contributed by atoms with Crippen molar-refractivity contribution in [3.05, 3.63) is 76.9 Å². The molecule has 0 bridgehead atoms. The molecule has 0 aliphatic rings. The fraction of sp³-hybridized carbons (Fsp3) is 0.176. The molecule has 0 saturated heterocycles. The summed E-state index contributed by atoms with van der Waals surface area (Å²) >= 11 is 0. The van der Waals surface area contributed by atoms with Gasteiger partial charge in [-0.3, -0.25) is 10.1 Å². The molecular formula is C17H18N2O5S. The Balaban J connectivity index is 2.21. The fourth-order valence-corrected chi connectivity index (χ4v) is 3.49. The average Bonchev–Trinajstić information content (AvgIpc) is 2.61. The van der Waals surface area contributed by atoms with E-state index in [0.29, 0.717) is 12.4 Å². The first-order chi connectivity index (χ1) is 11.9. The monoisotopic (exact) mass is 362 g/mol. The molecule has 0 N–H and O–H groups in total. The largest absolute Gasteiger partial charge is 0.490 e. The summed E-state index contributed by atoms with van der Waals surface area (Å²) in [4.78, 5) is 10.0. The van der Waals surface area contributed by atoms with Gasteiger partial charge in [0.1, 0.15) is 12.4 Å². The Morgan fingerprint density at radius 2 is 1.84 bits per heavy atom. The summed E-state index contributed by atoms with van der Waals surface area (Å²) in [5.41, 5.74) is 0.290. The topological polar surface area (TPSA) is 89.8 Å². The van der Waals surface area contributed by atoms with Gasteiger partial charge in [-0.25, -0.2) is 8.42 Å². The van der Waals surface area contributed by atoms with Crippen LogP contribution in [0.4, 0.5) is 5.69 Å². The summed E-state index contributed by atoms with van der Waals surface area (Å²) in [6.07, 6.45) is 1.63. The molecular weight excluding hydrogens is 344 g/mol. The van der Waals surface area contributed by atoms with Crippen LogP contribution in [0.15, 0.2) is 66.1 Å². The highest BCUT2D eigenvalue weighted by atomic mass is 32.2. The molecule has 0 radical (unpaired) electrons. The van der Waals surface area contributed by atoms with E-state index < -0.39 is 20.6 Å². The van der Waals surface area contributed by atoms with Crippen LogP contribution < -0.4 is 4.74 Å². The number of benzene rings is 2. The third-order valence-electron chi connectivity index (χ3n) is 3.45. The van der Waals surface area contributed by atoms with Gasteiger partial charge < -0.3 is 4.74 Å². The summed E-state index contributed by atoms with van der Waals surface area (Å²) in [5.74, 6) is 0.646. The highest BCUT2D eigenvalue weighted by molar-refractivity contribution is 7.89. The van der Waals surface area contributed by atoms with Crippen molar-refractivity contribution in [3.8, 4) is 5.75 Å². The normalized spacial score (nSPS) is 11.3. The van der Waals surface area contributed by atoms with Gasteiger partial charge in [0.2, 0.25) is 10.0 Å². The van der Waals surface area contributed by atoms with Crippen LogP contribution in [-0.4, -0.2) is 31.3 Å². The van der Waals surface area contributed by atoms with Crippen molar-refractivity contribution >= 4 is 15.7 Å². The van der Waals surface area contributed by atoms with E-state index in [1.165, 1.54) is 31.3 Å². The Labute approximate surface area is 146 Å². The van der Waals surface area contributed by atoms with Gasteiger partial charge in [0.05, 0.1) is 4.92 Å². The van der Waals surface area contributed by atoms with Crippen molar-refractivity contribution in [2.24, 2.45) is 0 Å². The zero-order chi connectivity index (χ0) is 18.4. The maximum Gasteiger partial charge on any atom is 0.289 e. The van der Waals surface area contributed by atoms with Gasteiger partial charge in [-0.1, -0.05) is 36.9 Å². The highest BCUT2D eigenvalue weighted by Gasteiger charge is 2.29. The minimum atomic E-state index is -3.99. The highest BCUT2D eigenvalue weighted by Crippen LogP contribution is 2.26. The Kier molecular flexibility index (Phi) is 5.89. The Morgan fingerprint density at radius 3 is 2.44 bits per heavy atom. The zero-order valence-corrected chi connectivity index (χ0v) is 14.5. The summed E-state index contributed by atoms with van der Waals surface area (Å²) < 4.78 is 31.8. The maximum atomic E-state index is 12.7. The van der Waals surface area contributed by atoms with Gasteiger partial charge in [0, 0.05) is 19.7 Å². The van der Waals surface area contributed by atoms with E-state index in [0.717, 1.165) is 9.87 Å². The van der Waals surface area contributed by atoms with Crippen LogP contribution in [0.5, 0.6) is 5.75 Å². The van der Waals surface area contributed by atoms with E-state index in [2.05, 4.69) is 6.58 Å². The van der Waals surface area contributed by atoms with Crippen LogP contribution in [-0.2, 0) is 16.6 Å².